The van der Waals surface area contributed by atoms with Crippen molar-refractivity contribution in [1.82, 2.24) is 15.1 Å². The van der Waals surface area contributed by atoms with Gasteiger partial charge in [0, 0.05) is 32.7 Å². The van der Waals surface area contributed by atoms with Crippen LogP contribution >= 0.6 is 0 Å². The second-order valence-corrected chi connectivity index (χ2v) is 5.06. The van der Waals surface area contributed by atoms with Crippen LogP contribution in [0.1, 0.15) is 19.4 Å². The fourth-order valence-corrected chi connectivity index (χ4v) is 2.30. The molecule has 1 aromatic heterocycles. The number of rotatable bonds is 3. The van der Waals surface area contributed by atoms with Crippen molar-refractivity contribution in [2.45, 2.75) is 13.8 Å². The summed E-state index contributed by atoms with van der Waals surface area (Å²) in [6, 6.07) is 3.90. The van der Waals surface area contributed by atoms with Crippen LogP contribution in [0.5, 0.6) is 0 Å². The third kappa shape index (κ3) is 2.96. The Labute approximate surface area is 108 Å². The lowest BCUT2D eigenvalue weighted by Crippen LogP contribution is -2.48. The minimum absolute atomic E-state index is 0.613. The van der Waals surface area contributed by atoms with Crippen LogP contribution in [-0.4, -0.2) is 47.8 Å². The molecular formula is C13H19N5. The van der Waals surface area contributed by atoms with Gasteiger partial charge in [0.15, 0.2) is 5.82 Å². The third-order valence-electron chi connectivity index (χ3n) is 3.12. The second-order valence-electron chi connectivity index (χ2n) is 5.06. The molecule has 1 aliphatic heterocycles. The molecule has 1 aromatic rings. The summed E-state index contributed by atoms with van der Waals surface area (Å²) in [4.78, 5) is 4.62. The van der Waals surface area contributed by atoms with Crippen LogP contribution in [0.15, 0.2) is 12.3 Å². The standard InChI is InChI=1S/C13H19N5/c1-11(2)10-17-5-7-18(8-6-17)13-12(9-14)3-4-15-16-13/h3-4,11H,5-8,10H2,1-2H3. The number of nitriles is 1. The predicted molar refractivity (Wildman–Crippen MR) is 70.2 cm³/mol. The number of hydrogen-bond acceptors (Lipinski definition) is 5. The molecule has 2 heterocycles. The normalized spacial score (nSPS) is 16.9. The van der Waals surface area contributed by atoms with E-state index in [4.69, 9.17) is 5.26 Å². The van der Waals surface area contributed by atoms with Crippen LogP contribution in [0.25, 0.3) is 0 Å². The lowest BCUT2D eigenvalue weighted by molar-refractivity contribution is 0.230. The molecule has 0 atom stereocenters. The minimum Gasteiger partial charge on any atom is -0.351 e. The summed E-state index contributed by atoms with van der Waals surface area (Å²) in [5.41, 5.74) is 0.613. The predicted octanol–water partition coefficient (Wildman–Crippen LogP) is 1.13. The minimum atomic E-state index is 0.613. The van der Waals surface area contributed by atoms with Crippen LogP contribution in [0.4, 0.5) is 5.82 Å². The van der Waals surface area contributed by atoms with Crippen LogP contribution in [-0.2, 0) is 0 Å². The number of piperazine rings is 1. The molecule has 1 fully saturated rings. The zero-order chi connectivity index (χ0) is 13.0. The van der Waals surface area contributed by atoms with Gasteiger partial charge in [0.25, 0.3) is 0 Å². The zero-order valence-electron chi connectivity index (χ0n) is 11.0. The Kier molecular flexibility index (Phi) is 4.11. The number of hydrogen-bond donors (Lipinski definition) is 0. The van der Waals surface area contributed by atoms with E-state index in [9.17, 15) is 0 Å². The van der Waals surface area contributed by atoms with Crippen molar-refractivity contribution >= 4 is 5.82 Å². The summed E-state index contributed by atoms with van der Waals surface area (Å²) in [6.07, 6.45) is 1.57. The van der Waals surface area contributed by atoms with Gasteiger partial charge < -0.3 is 4.90 Å². The van der Waals surface area contributed by atoms with Gasteiger partial charge in [-0.05, 0) is 12.0 Å². The molecule has 0 bridgehead atoms. The molecule has 18 heavy (non-hydrogen) atoms. The maximum Gasteiger partial charge on any atom is 0.169 e. The summed E-state index contributed by atoms with van der Waals surface area (Å²) in [7, 11) is 0. The van der Waals surface area contributed by atoms with Gasteiger partial charge in [-0.1, -0.05) is 13.8 Å². The maximum absolute atomic E-state index is 9.07. The third-order valence-corrected chi connectivity index (χ3v) is 3.12. The Hall–Kier alpha value is -1.67. The molecule has 5 nitrogen and oxygen atoms in total. The van der Waals surface area contributed by atoms with Crippen LogP contribution in [0.3, 0.4) is 0 Å². The van der Waals surface area contributed by atoms with Crippen LogP contribution in [0.2, 0.25) is 0 Å². The van der Waals surface area contributed by atoms with Crippen molar-refractivity contribution in [3.05, 3.63) is 17.8 Å². The van der Waals surface area contributed by atoms with E-state index < -0.39 is 0 Å². The van der Waals surface area contributed by atoms with Gasteiger partial charge >= 0.3 is 0 Å². The van der Waals surface area contributed by atoms with E-state index in [-0.39, 0.29) is 0 Å². The van der Waals surface area contributed by atoms with Gasteiger partial charge in [-0.15, -0.1) is 5.10 Å². The van der Waals surface area contributed by atoms with Crippen molar-refractivity contribution in [1.29, 1.82) is 5.26 Å². The number of aromatic nitrogens is 2. The Morgan fingerprint density at radius 2 is 2.06 bits per heavy atom. The molecule has 0 saturated carbocycles. The average Bonchev–Trinajstić information content (AvgIpc) is 2.39. The summed E-state index contributed by atoms with van der Waals surface area (Å²) < 4.78 is 0. The highest BCUT2D eigenvalue weighted by Gasteiger charge is 2.20. The van der Waals surface area contributed by atoms with Crippen molar-refractivity contribution < 1.29 is 0 Å². The van der Waals surface area contributed by atoms with Gasteiger partial charge in [-0.25, -0.2) is 0 Å². The molecular weight excluding hydrogens is 226 g/mol. The number of anilines is 1. The van der Waals surface area contributed by atoms with Gasteiger partial charge in [0.2, 0.25) is 0 Å². The van der Waals surface area contributed by atoms with E-state index in [1.807, 2.05) is 0 Å². The second kappa shape index (κ2) is 5.78. The Balaban J connectivity index is 1.99. The Bertz CT molecular complexity index is 429. The molecule has 2 rings (SSSR count). The summed E-state index contributed by atoms with van der Waals surface area (Å²) in [6.45, 7) is 9.50. The van der Waals surface area contributed by atoms with E-state index in [1.165, 1.54) is 0 Å². The summed E-state index contributed by atoms with van der Waals surface area (Å²) >= 11 is 0. The molecule has 1 saturated heterocycles. The molecule has 0 radical (unpaired) electrons. The molecule has 0 N–H and O–H groups in total. The summed E-state index contributed by atoms with van der Waals surface area (Å²) in [5, 5.41) is 17.0. The molecule has 5 heteroatoms. The SMILES string of the molecule is CC(C)CN1CCN(c2nnccc2C#N)CC1. The average molecular weight is 245 g/mol. The first-order valence-electron chi connectivity index (χ1n) is 6.40. The lowest BCUT2D eigenvalue weighted by atomic mass is 10.2. The van der Waals surface area contributed by atoms with Crippen molar-refractivity contribution in [2.24, 2.45) is 5.92 Å². The highest BCUT2D eigenvalue weighted by atomic mass is 15.3. The molecule has 0 amide bonds. The maximum atomic E-state index is 9.07. The zero-order valence-corrected chi connectivity index (χ0v) is 11.0. The van der Waals surface area contributed by atoms with Crippen LogP contribution < -0.4 is 4.90 Å². The highest BCUT2D eigenvalue weighted by Crippen LogP contribution is 2.17. The fraction of sp³-hybridized carbons (Fsp3) is 0.615. The molecule has 0 spiro atoms. The van der Waals surface area contributed by atoms with Gasteiger partial charge in [0.05, 0.1) is 11.8 Å². The Morgan fingerprint density at radius 1 is 1.33 bits per heavy atom. The van der Waals surface area contributed by atoms with E-state index in [0.29, 0.717) is 11.5 Å². The monoisotopic (exact) mass is 245 g/mol. The largest absolute Gasteiger partial charge is 0.351 e. The Morgan fingerprint density at radius 3 is 2.67 bits per heavy atom. The molecule has 0 aliphatic carbocycles. The van der Waals surface area contributed by atoms with Gasteiger partial charge in [-0.3, -0.25) is 4.90 Å². The van der Waals surface area contributed by atoms with E-state index in [0.717, 1.165) is 38.5 Å². The topological polar surface area (TPSA) is 56.1 Å². The van der Waals surface area contributed by atoms with Crippen molar-refractivity contribution in [3.63, 3.8) is 0 Å². The first kappa shape index (κ1) is 12.8. The van der Waals surface area contributed by atoms with Gasteiger partial charge in [0.1, 0.15) is 6.07 Å². The molecule has 96 valence electrons. The van der Waals surface area contributed by atoms with E-state index >= 15 is 0 Å². The van der Waals surface area contributed by atoms with Crippen molar-refractivity contribution in [3.8, 4) is 6.07 Å². The van der Waals surface area contributed by atoms with Crippen LogP contribution in [0, 0.1) is 17.2 Å². The smallest absolute Gasteiger partial charge is 0.169 e. The van der Waals surface area contributed by atoms with Crippen molar-refractivity contribution in [2.75, 3.05) is 37.6 Å². The summed E-state index contributed by atoms with van der Waals surface area (Å²) in [5.74, 6) is 1.42. The molecule has 0 aromatic carbocycles. The number of nitrogens with zero attached hydrogens (tertiary/aromatic N) is 5. The lowest BCUT2D eigenvalue weighted by Gasteiger charge is -2.36. The molecule has 1 aliphatic rings. The quantitative estimate of drug-likeness (QED) is 0.799. The van der Waals surface area contributed by atoms with E-state index in [2.05, 4.69) is 39.9 Å². The molecule has 0 unspecified atom stereocenters. The fourth-order valence-electron chi connectivity index (χ4n) is 2.30. The first-order valence-corrected chi connectivity index (χ1v) is 6.40. The first-order chi connectivity index (χ1) is 8.70. The highest BCUT2D eigenvalue weighted by molar-refractivity contribution is 5.52. The van der Waals surface area contributed by atoms with E-state index in [1.54, 1.807) is 12.3 Å². The van der Waals surface area contributed by atoms with Gasteiger partial charge in [-0.2, -0.15) is 10.4 Å².